The second-order valence-corrected chi connectivity index (χ2v) is 6.57. The number of nitrogens with zero attached hydrogens (tertiary/aromatic N) is 4. The Bertz CT molecular complexity index is 1020. The van der Waals surface area contributed by atoms with Crippen molar-refractivity contribution < 1.29 is 19.1 Å². The number of methoxy groups -OCH3 is 2. The molecule has 1 aromatic heterocycles. The summed E-state index contributed by atoms with van der Waals surface area (Å²) in [6.45, 7) is 1.03. The lowest BCUT2D eigenvalue weighted by Crippen LogP contribution is -2.29. The molecule has 0 saturated heterocycles. The molecule has 2 amide bonds. The van der Waals surface area contributed by atoms with Crippen LogP contribution in [0.4, 0.5) is 5.69 Å². The van der Waals surface area contributed by atoms with E-state index in [1.54, 1.807) is 56.7 Å². The number of amides is 2. The molecule has 2 aromatic carbocycles. The molecular weight excluding hydrogens is 400 g/mol. The molecule has 0 aliphatic heterocycles. The minimum absolute atomic E-state index is 0.0552. The molecule has 2 N–H and O–H groups in total. The zero-order valence-corrected chi connectivity index (χ0v) is 17.4. The van der Waals surface area contributed by atoms with E-state index >= 15 is 0 Å². The monoisotopic (exact) mass is 424 g/mol. The van der Waals surface area contributed by atoms with Crippen LogP contribution < -0.4 is 15.4 Å². The van der Waals surface area contributed by atoms with Gasteiger partial charge in [0.05, 0.1) is 12.8 Å². The molecule has 0 saturated carbocycles. The van der Waals surface area contributed by atoms with Crippen molar-refractivity contribution in [1.29, 1.82) is 0 Å². The van der Waals surface area contributed by atoms with Crippen molar-refractivity contribution in [2.45, 2.75) is 13.0 Å². The summed E-state index contributed by atoms with van der Waals surface area (Å²) in [6, 6.07) is 13.9. The van der Waals surface area contributed by atoms with Crippen molar-refractivity contribution >= 4 is 17.5 Å². The second kappa shape index (κ2) is 10.8. The summed E-state index contributed by atoms with van der Waals surface area (Å²) in [7, 11) is 3.18. The fourth-order valence-corrected chi connectivity index (χ4v) is 2.77. The first kappa shape index (κ1) is 21.9. The molecule has 162 valence electrons. The molecule has 10 nitrogen and oxygen atoms in total. The molecule has 1 heterocycles. The Hall–Kier alpha value is -3.79. The highest BCUT2D eigenvalue weighted by molar-refractivity contribution is 6.06. The Balaban J connectivity index is 1.67. The number of anilines is 1. The highest BCUT2D eigenvalue weighted by Crippen LogP contribution is 2.25. The minimum Gasteiger partial charge on any atom is -0.497 e. The van der Waals surface area contributed by atoms with Crippen LogP contribution in [0.3, 0.4) is 0 Å². The predicted octanol–water partition coefficient (Wildman–Crippen LogP) is 1.75. The van der Waals surface area contributed by atoms with Crippen molar-refractivity contribution in [2.24, 2.45) is 0 Å². The molecule has 31 heavy (non-hydrogen) atoms. The van der Waals surface area contributed by atoms with E-state index < -0.39 is 0 Å². The smallest absolute Gasteiger partial charge is 0.255 e. The molecule has 0 bridgehead atoms. The van der Waals surface area contributed by atoms with Crippen molar-refractivity contribution in [2.75, 3.05) is 32.7 Å². The molecule has 0 unspecified atom stereocenters. The number of aromatic nitrogens is 4. The number of hydrogen-bond donors (Lipinski definition) is 2. The molecule has 3 aromatic rings. The maximum absolute atomic E-state index is 12.6. The Morgan fingerprint density at radius 3 is 2.58 bits per heavy atom. The SMILES string of the molecule is COCCCNC(=O)Cn1nnc(-c2ccccc2NC(=O)c2ccc(OC)cc2)n1. The lowest BCUT2D eigenvalue weighted by molar-refractivity contribution is -0.122. The van der Waals surface area contributed by atoms with Gasteiger partial charge in [0.2, 0.25) is 11.7 Å². The van der Waals surface area contributed by atoms with E-state index in [0.717, 1.165) is 6.42 Å². The van der Waals surface area contributed by atoms with E-state index in [4.69, 9.17) is 9.47 Å². The van der Waals surface area contributed by atoms with Gasteiger partial charge in [-0.25, -0.2) is 0 Å². The van der Waals surface area contributed by atoms with Gasteiger partial charge in [-0.05, 0) is 48.0 Å². The average molecular weight is 424 g/mol. The van der Waals surface area contributed by atoms with Crippen LogP contribution in [0, 0.1) is 0 Å². The zero-order chi connectivity index (χ0) is 22.1. The molecule has 0 radical (unpaired) electrons. The van der Waals surface area contributed by atoms with Gasteiger partial charge in [0.15, 0.2) is 0 Å². The van der Waals surface area contributed by atoms with Crippen LogP contribution in [0.25, 0.3) is 11.4 Å². The van der Waals surface area contributed by atoms with Crippen LogP contribution in [-0.2, 0) is 16.1 Å². The van der Waals surface area contributed by atoms with Gasteiger partial charge < -0.3 is 20.1 Å². The third-order valence-electron chi connectivity index (χ3n) is 4.35. The Morgan fingerprint density at radius 2 is 1.84 bits per heavy atom. The van der Waals surface area contributed by atoms with Gasteiger partial charge in [0.25, 0.3) is 5.91 Å². The summed E-state index contributed by atoms with van der Waals surface area (Å²) in [5.41, 5.74) is 1.61. The first-order valence-corrected chi connectivity index (χ1v) is 9.69. The summed E-state index contributed by atoms with van der Waals surface area (Å²) in [6.07, 6.45) is 0.722. The molecule has 3 rings (SSSR count). The molecule has 10 heteroatoms. The van der Waals surface area contributed by atoms with Gasteiger partial charge in [0.1, 0.15) is 12.3 Å². The normalized spacial score (nSPS) is 10.5. The van der Waals surface area contributed by atoms with Crippen LogP contribution in [0.5, 0.6) is 5.75 Å². The lowest BCUT2D eigenvalue weighted by atomic mass is 10.1. The van der Waals surface area contributed by atoms with Gasteiger partial charge in [-0.2, -0.15) is 4.80 Å². The number of carbonyl (C=O) groups is 2. The standard InChI is InChI=1S/C21H24N6O4/c1-30-13-5-12-22-19(28)14-27-25-20(24-26-27)17-6-3-4-7-18(17)23-21(29)15-8-10-16(31-2)11-9-15/h3-4,6-11H,5,12-14H2,1-2H3,(H,22,28)(H,23,29). The highest BCUT2D eigenvalue weighted by atomic mass is 16.5. The largest absolute Gasteiger partial charge is 0.497 e. The van der Waals surface area contributed by atoms with Crippen molar-refractivity contribution in [3.63, 3.8) is 0 Å². The van der Waals surface area contributed by atoms with Gasteiger partial charge in [-0.15, -0.1) is 10.2 Å². The Morgan fingerprint density at radius 1 is 1.06 bits per heavy atom. The maximum atomic E-state index is 12.6. The third kappa shape index (κ3) is 6.09. The number of para-hydroxylation sites is 1. The Labute approximate surface area is 179 Å². The van der Waals surface area contributed by atoms with Gasteiger partial charge in [-0.3, -0.25) is 9.59 Å². The quantitative estimate of drug-likeness (QED) is 0.476. The highest BCUT2D eigenvalue weighted by Gasteiger charge is 2.15. The van der Waals surface area contributed by atoms with E-state index in [2.05, 4.69) is 26.0 Å². The fourth-order valence-electron chi connectivity index (χ4n) is 2.77. The number of nitrogens with one attached hydrogen (secondary N) is 2. The van der Waals surface area contributed by atoms with Crippen LogP contribution in [-0.4, -0.2) is 59.4 Å². The molecule has 0 fully saturated rings. The number of ether oxygens (including phenoxy) is 2. The maximum Gasteiger partial charge on any atom is 0.255 e. The molecule has 0 spiro atoms. The summed E-state index contributed by atoms with van der Waals surface area (Å²) in [5.74, 6) is 0.470. The van der Waals surface area contributed by atoms with E-state index in [1.807, 2.05) is 6.07 Å². The second-order valence-electron chi connectivity index (χ2n) is 6.57. The lowest BCUT2D eigenvalue weighted by Gasteiger charge is -2.09. The number of tetrazole rings is 1. The first-order valence-electron chi connectivity index (χ1n) is 9.69. The topological polar surface area (TPSA) is 120 Å². The molecular formula is C21H24N6O4. The Kier molecular flexibility index (Phi) is 7.66. The summed E-state index contributed by atoms with van der Waals surface area (Å²) < 4.78 is 10.1. The van der Waals surface area contributed by atoms with Crippen LogP contribution in [0.1, 0.15) is 16.8 Å². The van der Waals surface area contributed by atoms with Gasteiger partial charge in [-0.1, -0.05) is 12.1 Å². The minimum atomic E-state index is -0.280. The number of benzene rings is 2. The average Bonchev–Trinajstić information content (AvgIpc) is 3.25. The number of carbonyl (C=O) groups excluding carboxylic acids is 2. The van der Waals surface area contributed by atoms with E-state index in [9.17, 15) is 9.59 Å². The summed E-state index contributed by atoms with van der Waals surface area (Å²) in [5, 5.41) is 17.9. The van der Waals surface area contributed by atoms with E-state index in [0.29, 0.717) is 41.5 Å². The summed E-state index contributed by atoms with van der Waals surface area (Å²) >= 11 is 0. The van der Waals surface area contributed by atoms with Crippen molar-refractivity contribution in [3.05, 3.63) is 54.1 Å². The van der Waals surface area contributed by atoms with E-state index in [1.165, 1.54) is 4.80 Å². The third-order valence-corrected chi connectivity index (χ3v) is 4.35. The summed E-state index contributed by atoms with van der Waals surface area (Å²) in [4.78, 5) is 25.8. The van der Waals surface area contributed by atoms with Crippen LogP contribution in [0.2, 0.25) is 0 Å². The number of hydrogen-bond acceptors (Lipinski definition) is 7. The fraction of sp³-hybridized carbons (Fsp3) is 0.286. The predicted molar refractivity (Wildman–Crippen MR) is 114 cm³/mol. The number of rotatable bonds is 10. The zero-order valence-electron chi connectivity index (χ0n) is 17.4. The first-order chi connectivity index (χ1) is 15.1. The molecule has 0 aliphatic rings. The van der Waals surface area contributed by atoms with Gasteiger partial charge in [0, 0.05) is 31.4 Å². The molecule has 0 atom stereocenters. The van der Waals surface area contributed by atoms with Crippen LogP contribution in [0.15, 0.2) is 48.5 Å². The molecule has 0 aliphatic carbocycles. The van der Waals surface area contributed by atoms with Crippen molar-refractivity contribution in [3.8, 4) is 17.1 Å². The van der Waals surface area contributed by atoms with Crippen molar-refractivity contribution in [1.82, 2.24) is 25.5 Å². The van der Waals surface area contributed by atoms with E-state index in [-0.39, 0.29) is 18.4 Å². The van der Waals surface area contributed by atoms with Gasteiger partial charge >= 0.3 is 0 Å². The van der Waals surface area contributed by atoms with Crippen LogP contribution >= 0.6 is 0 Å².